The highest BCUT2D eigenvalue weighted by Gasteiger charge is 2.21. The van der Waals surface area contributed by atoms with E-state index in [-0.39, 0.29) is 22.4 Å². The summed E-state index contributed by atoms with van der Waals surface area (Å²) >= 11 is 0. The van der Waals surface area contributed by atoms with E-state index in [4.69, 9.17) is 14.2 Å². The number of hydrogen-bond donors (Lipinski definition) is 0. The van der Waals surface area contributed by atoms with Crippen molar-refractivity contribution in [1.82, 2.24) is 0 Å². The summed E-state index contributed by atoms with van der Waals surface area (Å²) in [5, 5.41) is 0. The minimum atomic E-state index is -1.64. The van der Waals surface area contributed by atoms with Gasteiger partial charge >= 0.3 is 0 Å². The first-order valence-electron chi connectivity index (χ1n) is 14.4. The molecule has 0 spiro atoms. The maximum Gasteiger partial charge on any atom is 0.194 e. The topological polar surface area (TPSA) is 36.9 Å². The van der Waals surface area contributed by atoms with Crippen LogP contribution in [0.4, 0.5) is 35.3 Å². The van der Waals surface area contributed by atoms with E-state index in [9.17, 15) is 35.3 Å². The van der Waals surface area contributed by atoms with E-state index in [1.165, 1.54) is 0 Å². The highest BCUT2D eigenvalue weighted by molar-refractivity contribution is 5.78. The maximum atomic E-state index is 14.2. The van der Waals surface area contributed by atoms with Gasteiger partial charge < -0.3 is 14.2 Å². The van der Waals surface area contributed by atoms with Crippen LogP contribution < -0.4 is 19.2 Å². The second-order valence-corrected chi connectivity index (χ2v) is 9.86. The zero-order chi connectivity index (χ0) is 33.8. The minimum Gasteiger partial charge on any atom is -0.493 e. The van der Waals surface area contributed by atoms with Gasteiger partial charge in [-0.05, 0) is 66.8 Å². The van der Waals surface area contributed by atoms with Crippen molar-refractivity contribution in [2.75, 3.05) is 19.8 Å². The first-order valence-corrected chi connectivity index (χ1v) is 14.4. The van der Waals surface area contributed by atoms with Gasteiger partial charge in [0.15, 0.2) is 23.2 Å². The molecule has 0 aromatic heterocycles. The minimum absolute atomic E-state index is 0.200. The van der Waals surface area contributed by atoms with E-state index in [1.54, 1.807) is 12.1 Å². The average molecular weight is 657 g/mol. The Hall–Kier alpha value is -4.48. The fourth-order valence-electron chi connectivity index (χ4n) is 4.17. The molecule has 0 atom stereocenters. The van der Waals surface area contributed by atoms with E-state index < -0.39 is 47.1 Å². The number of benzene rings is 4. The van der Waals surface area contributed by atoms with Gasteiger partial charge in [-0.25, -0.2) is 30.7 Å². The molecule has 0 heterocycles. The van der Waals surface area contributed by atoms with Crippen molar-refractivity contribution in [3.63, 3.8) is 0 Å². The Morgan fingerprint density at radius 1 is 0.543 bits per heavy atom. The van der Waals surface area contributed by atoms with Crippen molar-refractivity contribution >= 4 is 0 Å². The van der Waals surface area contributed by atoms with Crippen molar-refractivity contribution in [2.45, 2.75) is 46.7 Å². The Morgan fingerprint density at radius 3 is 1.50 bits per heavy atom. The lowest BCUT2D eigenvalue weighted by molar-refractivity contribution is -0.00652. The van der Waals surface area contributed by atoms with E-state index in [1.807, 2.05) is 20.8 Å². The van der Waals surface area contributed by atoms with Gasteiger partial charge in [-0.3, -0.25) is 4.94 Å². The zero-order valence-corrected chi connectivity index (χ0v) is 25.3. The summed E-state index contributed by atoms with van der Waals surface area (Å²) in [6.07, 6.45) is 2.35. The normalized spacial score (nSPS) is 10.7. The molecule has 0 fully saturated rings. The van der Waals surface area contributed by atoms with Gasteiger partial charge in [0.05, 0.1) is 30.9 Å². The van der Waals surface area contributed by atoms with Crippen molar-refractivity contribution in [1.29, 1.82) is 0 Å². The molecule has 0 aliphatic rings. The Balaban J connectivity index is 0.000000275. The lowest BCUT2D eigenvalue weighted by atomic mass is 10.0. The van der Waals surface area contributed by atoms with E-state index in [2.05, 4.69) is 4.94 Å². The predicted octanol–water partition coefficient (Wildman–Crippen LogP) is 10.6. The first-order chi connectivity index (χ1) is 22.1. The van der Waals surface area contributed by atoms with Crippen LogP contribution in [0.1, 0.15) is 45.6 Å². The molecule has 12 heteroatoms. The Morgan fingerprint density at radius 2 is 1.04 bits per heavy atom. The van der Waals surface area contributed by atoms with Crippen LogP contribution in [0, 0.1) is 34.9 Å². The molecule has 46 heavy (non-hydrogen) atoms. The highest BCUT2D eigenvalue weighted by Crippen LogP contribution is 2.43. The lowest BCUT2D eigenvalue weighted by Crippen LogP contribution is -2.04. The molecule has 0 radical (unpaired) electrons. The van der Waals surface area contributed by atoms with Crippen molar-refractivity contribution in [3.05, 3.63) is 95.1 Å². The summed E-state index contributed by atoms with van der Waals surface area (Å²) < 4.78 is 123. The molecule has 248 valence electrons. The molecular weight excluding hydrogens is 624 g/mol. The third kappa shape index (κ3) is 9.04. The maximum absolute atomic E-state index is 14.2. The molecule has 0 saturated carbocycles. The first kappa shape index (κ1) is 36.0. The Labute approximate surface area is 261 Å². The fourth-order valence-corrected chi connectivity index (χ4v) is 4.17. The van der Waals surface area contributed by atoms with Gasteiger partial charge in [0.25, 0.3) is 0 Å². The average Bonchev–Trinajstić information content (AvgIpc) is 3.03. The van der Waals surface area contributed by atoms with Crippen LogP contribution in [0.25, 0.3) is 22.3 Å². The van der Waals surface area contributed by atoms with E-state index in [0.29, 0.717) is 60.8 Å². The summed E-state index contributed by atoms with van der Waals surface area (Å²) in [4.78, 5) is 3.30. The van der Waals surface area contributed by atoms with Crippen LogP contribution in [0.2, 0.25) is 0 Å². The van der Waals surface area contributed by atoms with Crippen molar-refractivity contribution in [2.24, 2.45) is 0 Å². The SMILES string of the molecule is CCCOc1cc(OCCC)c(-c2cc(F)c(CF)c(F)c2)c(OCCC)c1.FOc1ccc(-c2cc(F)c(F)c(F)c2)c(F)c1. The number of rotatable bonds is 13. The summed E-state index contributed by atoms with van der Waals surface area (Å²) in [5.41, 5.74) is -0.331. The summed E-state index contributed by atoms with van der Waals surface area (Å²) in [6.45, 7) is 6.07. The summed E-state index contributed by atoms with van der Waals surface area (Å²) in [5.74, 6) is -6.34. The van der Waals surface area contributed by atoms with Gasteiger partial charge in [-0.15, -0.1) is 0 Å². The second kappa shape index (κ2) is 17.3. The van der Waals surface area contributed by atoms with Crippen LogP contribution in [0.15, 0.2) is 54.6 Å². The smallest absolute Gasteiger partial charge is 0.194 e. The Kier molecular flexibility index (Phi) is 13.5. The molecule has 4 aromatic carbocycles. The van der Waals surface area contributed by atoms with Gasteiger partial charge in [0, 0.05) is 28.3 Å². The molecule has 0 bridgehead atoms. The molecule has 4 rings (SSSR count). The number of alkyl halides is 1. The molecule has 0 aliphatic heterocycles. The molecule has 0 amide bonds. The van der Waals surface area contributed by atoms with Gasteiger partial charge in [-0.2, -0.15) is 0 Å². The third-order valence-corrected chi connectivity index (χ3v) is 6.32. The van der Waals surface area contributed by atoms with Crippen LogP contribution >= 0.6 is 0 Å². The number of hydrogen-bond acceptors (Lipinski definition) is 4. The molecule has 0 N–H and O–H groups in total. The molecule has 0 saturated heterocycles. The van der Waals surface area contributed by atoms with E-state index in [0.717, 1.165) is 43.5 Å². The molecular formula is C34H32F8O4. The second-order valence-electron chi connectivity index (χ2n) is 9.86. The van der Waals surface area contributed by atoms with Gasteiger partial charge in [-0.1, -0.05) is 20.8 Å². The van der Waals surface area contributed by atoms with Crippen LogP contribution in [-0.2, 0) is 6.67 Å². The van der Waals surface area contributed by atoms with Crippen molar-refractivity contribution < 1.29 is 54.4 Å². The molecule has 0 aliphatic carbocycles. The largest absolute Gasteiger partial charge is 0.493 e. The van der Waals surface area contributed by atoms with Crippen molar-refractivity contribution in [3.8, 4) is 45.3 Å². The zero-order valence-electron chi connectivity index (χ0n) is 25.3. The van der Waals surface area contributed by atoms with Gasteiger partial charge in [0.2, 0.25) is 0 Å². The summed E-state index contributed by atoms with van der Waals surface area (Å²) in [6, 6.07) is 9.73. The van der Waals surface area contributed by atoms with Crippen LogP contribution in [0.5, 0.6) is 23.0 Å². The van der Waals surface area contributed by atoms with Gasteiger partial charge in [0.1, 0.15) is 41.4 Å². The third-order valence-electron chi connectivity index (χ3n) is 6.32. The lowest BCUT2D eigenvalue weighted by Gasteiger charge is -2.19. The van der Waals surface area contributed by atoms with E-state index >= 15 is 0 Å². The molecule has 4 nitrogen and oxygen atoms in total. The van der Waals surface area contributed by atoms with Crippen LogP contribution in [0.3, 0.4) is 0 Å². The number of ether oxygens (including phenoxy) is 3. The molecule has 4 aromatic rings. The predicted molar refractivity (Wildman–Crippen MR) is 157 cm³/mol. The molecule has 0 unspecified atom stereocenters. The monoisotopic (exact) mass is 656 g/mol. The highest BCUT2D eigenvalue weighted by atomic mass is 19.3. The Bertz CT molecular complexity index is 1540. The summed E-state index contributed by atoms with van der Waals surface area (Å²) in [7, 11) is 0. The fraction of sp³-hybridized carbons (Fsp3) is 0.294. The quantitative estimate of drug-likeness (QED) is 0.106. The number of halogens is 8. The van der Waals surface area contributed by atoms with Crippen LogP contribution in [-0.4, -0.2) is 19.8 Å². The standard InChI is InChI=1S/C22H27F3O3.C12H5F5O/c1-4-7-26-16-12-20(27-8-5-2)22(21(13-16)28-9-6-3)15-10-18(24)17(14-23)19(25)11-15;13-9-5-7(18-17)1-2-8(9)6-3-10(14)12(16)11(15)4-6/h10-13H,4-9,14H2,1-3H3;1-5H.